The minimum Gasteiger partial charge on any atom is -0.457 e. The van der Waals surface area contributed by atoms with Gasteiger partial charge < -0.3 is 9.47 Å². The maximum Gasteiger partial charge on any atom is 0.266 e. The van der Waals surface area contributed by atoms with Crippen LogP contribution in [0, 0.1) is 0 Å². The zero-order valence-corrected chi connectivity index (χ0v) is 45.0. The van der Waals surface area contributed by atoms with Crippen LogP contribution in [0.2, 0.25) is 0 Å². The molecule has 13 rings (SSSR count). The molecule has 0 bridgehead atoms. The molecule has 4 heterocycles. The van der Waals surface area contributed by atoms with Gasteiger partial charge in [-0.2, -0.15) is 0 Å². The number of aliphatic imine (C=N–C) groups is 2. The predicted molar refractivity (Wildman–Crippen MR) is 316 cm³/mol. The Morgan fingerprint density at radius 3 is 1.13 bits per heavy atom. The van der Waals surface area contributed by atoms with Crippen molar-refractivity contribution < 1.29 is 28.7 Å². The fourth-order valence-corrected chi connectivity index (χ4v) is 11.9. The normalized spacial score (nSPS) is 14.0. The molecule has 2 aliphatic heterocycles. The summed E-state index contributed by atoms with van der Waals surface area (Å²) in [4.78, 5) is 74.3. The number of hydrogen-bond acceptors (Lipinski definition) is 10. The lowest BCUT2D eigenvalue weighted by Gasteiger charge is -2.31. The summed E-state index contributed by atoms with van der Waals surface area (Å²) in [6, 6.07) is 48.4. The topological polar surface area (TPSA) is 118 Å². The largest absolute Gasteiger partial charge is 0.457 e. The summed E-state index contributed by atoms with van der Waals surface area (Å²) < 4.78 is 14.0. The first kappa shape index (κ1) is 48.5. The van der Waals surface area contributed by atoms with E-state index in [9.17, 15) is 0 Å². The van der Waals surface area contributed by atoms with E-state index < -0.39 is 23.6 Å². The van der Waals surface area contributed by atoms with Gasteiger partial charge in [-0.15, -0.1) is 22.7 Å². The van der Waals surface area contributed by atoms with Gasteiger partial charge in [0.05, 0.1) is 33.9 Å². The molecule has 2 aromatic heterocycles. The number of carbonyl (C=O) groups excluding carboxylic acids is 4. The third-order valence-corrected chi connectivity index (χ3v) is 16.3. The number of thiophene rings is 2. The average molecular weight is 1060 g/mol. The van der Waals surface area contributed by atoms with E-state index in [0.717, 1.165) is 20.9 Å². The zero-order valence-electron chi connectivity index (χ0n) is 43.4. The number of imide groups is 2. The monoisotopic (exact) mass is 1060 g/mol. The smallest absolute Gasteiger partial charge is 0.266 e. The van der Waals surface area contributed by atoms with Crippen LogP contribution >= 0.6 is 22.7 Å². The van der Waals surface area contributed by atoms with Crippen LogP contribution < -0.4 is 19.3 Å². The highest BCUT2D eigenvalue weighted by atomic mass is 32.1. The Bertz CT molecular complexity index is 4040. The second-order valence-electron chi connectivity index (χ2n) is 21.6. The van der Waals surface area contributed by atoms with E-state index in [4.69, 9.17) is 9.47 Å². The van der Waals surface area contributed by atoms with Crippen LogP contribution in [-0.4, -0.2) is 36.1 Å². The van der Waals surface area contributed by atoms with E-state index in [1.165, 1.54) is 9.80 Å². The molecular weight excluding hydrogens is 1010 g/mol. The van der Waals surface area contributed by atoms with Gasteiger partial charge in [0.25, 0.3) is 23.6 Å². The number of rotatable bonds is 10. The number of amides is 4. The highest BCUT2D eigenvalue weighted by molar-refractivity contribution is 7.12. The summed E-state index contributed by atoms with van der Waals surface area (Å²) in [5.41, 5.74) is 5.26. The van der Waals surface area contributed by atoms with Crippen LogP contribution in [0.15, 0.2) is 178 Å². The van der Waals surface area contributed by atoms with Crippen LogP contribution in [0.5, 0.6) is 23.0 Å². The van der Waals surface area contributed by atoms with Gasteiger partial charge in [0.15, 0.2) is 0 Å². The number of hydrogen-bond donors (Lipinski definition) is 0. The number of benzene rings is 9. The number of nitrogens with zero attached hydrogens (tertiary/aromatic N) is 4. The maximum absolute atomic E-state index is 15.3. The van der Waals surface area contributed by atoms with Gasteiger partial charge in [-0.25, -0.2) is 9.80 Å². The molecule has 78 heavy (non-hydrogen) atoms. The van der Waals surface area contributed by atoms with Crippen molar-refractivity contribution in [3.63, 3.8) is 0 Å². The molecule has 380 valence electrons. The lowest BCUT2D eigenvalue weighted by atomic mass is 9.81. The second kappa shape index (κ2) is 18.3. The summed E-state index contributed by atoms with van der Waals surface area (Å²) in [6.07, 6.45) is 3.57. The third-order valence-electron chi connectivity index (χ3n) is 14.6. The molecule has 0 N–H and O–H groups in total. The number of fused-ring (bicyclic) bond motifs is 2. The van der Waals surface area contributed by atoms with Gasteiger partial charge in [-0.3, -0.25) is 29.2 Å². The SMILES string of the molecule is CC(C)(C)c1ccc(Oc2cc3c4c(ccc5c6c(Oc7ccc(C(C)(C)C)cc7)cc7c8c(ccc(c2c45)c86)C(=O)N(c2ccc(N=Cc4cccs4)cc2)C7=O)C(=O)N(c2ccc(N=Cc4cccs4)cc2)C3=O)cc1. The number of ether oxygens (including phenoxy) is 2. The van der Waals surface area contributed by atoms with Crippen molar-refractivity contribution >= 4 is 125 Å². The van der Waals surface area contributed by atoms with E-state index in [0.29, 0.717) is 100.0 Å². The van der Waals surface area contributed by atoms with Crippen molar-refractivity contribution in [1.82, 2.24) is 0 Å². The first-order chi connectivity index (χ1) is 37.6. The minimum atomic E-state index is -0.524. The van der Waals surface area contributed by atoms with Gasteiger partial charge in [0.2, 0.25) is 0 Å². The van der Waals surface area contributed by atoms with E-state index in [1.807, 2.05) is 95.7 Å². The molecule has 0 unspecified atom stereocenters. The molecule has 2 aliphatic rings. The molecule has 12 heteroatoms. The summed E-state index contributed by atoms with van der Waals surface area (Å²) in [5, 5.41) is 8.58. The Morgan fingerprint density at radius 2 is 0.782 bits per heavy atom. The molecule has 10 nitrogen and oxygen atoms in total. The van der Waals surface area contributed by atoms with Crippen LogP contribution in [-0.2, 0) is 10.8 Å². The van der Waals surface area contributed by atoms with Crippen LogP contribution in [0.3, 0.4) is 0 Å². The lowest BCUT2D eigenvalue weighted by Crippen LogP contribution is -2.40. The second-order valence-corrected chi connectivity index (χ2v) is 23.6. The van der Waals surface area contributed by atoms with Crippen molar-refractivity contribution in [3.05, 3.63) is 212 Å². The van der Waals surface area contributed by atoms with E-state index in [-0.39, 0.29) is 22.0 Å². The molecule has 11 aromatic rings. The summed E-state index contributed by atoms with van der Waals surface area (Å²) in [5.74, 6) is -0.272. The third kappa shape index (κ3) is 8.14. The van der Waals surface area contributed by atoms with Crippen LogP contribution in [0.1, 0.15) is 104 Å². The molecular formula is C66H48N4O6S2. The molecule has 4 amide bonds. The van der Waals surface area contributed by atoms with Crippen molar-refractivity contribution in [1.29, 1.82) is 0 Å². The zero-order chi connectivity index (χ0) is 53.8. The fraction of sp³-hybridized carbons (Fsp3) is 0.121. The van der Waals surface area contributed by atoms with Crippen molar-refractivity contribution in [2.24, 2.45) is 9.98 Å². The van der Waals surface area contributed by atoms with E-state index in [1.54, 1.807) is 108 Å². The molecule has 0 saturated carbocycles. The number of carbonyl (C=O) groups is 4. The molecule has 0 saturated heterocycles. The van der Waals surface area contributed by atoms with Gasteiger partial charge in [0, 0.05) is 65.6 Å². The van der Waals surface area contributed by atoms with Crippen molar-refractivity contribution in [3.8, 4) is 23.0 Å². The van der Waals surface area contributed by atoms with E-state index >= 15 is 19.2 Å². The van der Waals surface area contributed by atoms with Gasteiger partial charge in [-0.05, 0) is 153 Å². The van der Waals surface area contributed by atoms with E-state index in [2.05, 4.69) is 51.5 Å². The number of anilines is 2. The highest BCUT2D eigenvalue weighted by Crippen LogP contribution is 2.53. The Labute approximate surface area is 457 Å². The van der Waals surface area contributed by atoms with Crippen molar-refractivity contribution in [2.45, 2.75) is 52.4 Å². The average Bonchev–Trinajstić information content (AvgIpc) is 3.00. The first-order valence-electron chi connectivity index (χ1n) is 25.6. The molecule has 0 radical (unpaired) electrons. The summed E-state index contributed by atoms with van der Waals surface area (Å²) >= 11 is 3.15. The predicted octanol–water partition coefficient (Wildman–Crippen LogP) is 17.1. The van der Waals surface area contributed by atoms with Gasteiger partial charge in [-0.1, -0.05) is 90.1 Å². The van der Waals surface area contributed by atoms with Crippen LogP contribution in [0.4, 0.5) is 22.7 Å². The van der Waals surface area contributed by atoms with Gasteiger partial charge >= 0.3 is 0 Å². The Hall–Kier alpha value is -9.10. The summed E-state index contributed by atoms with van der Waals surface area (Å²) in [6.45, 7) is 12.9. The molecule has 0 atom stereocenters. The molecule has 0 fully saturated rings. The summed E-state index contributed by atoms with van der Waals surface area (Å²) in [7, 11) is 0. The Morgan fingerprint density at radius 1 is 0.410 bits per heavy atom. The lowest BCUT2D eigenvalue weighted by molar-refractivity contribution is 0.0877. The standard InChI is InChI=1S/C66H48N4O6S2/c1-65(2,3)37-11-23-43(24-12-37)75-53-33-51-55-49(61(71)69(63(51)73)41-19-15-39(16-20-41)67-35-45-9-7-31-77-45)30-28-48-58-54(76-44-25-13-38(14-26-44)66(4,5)6)34-52-56-50(29-27-47(60(56)58)57(53)59(48)55)62(72)70(64(52)74)42-21-17-40(18-22-42)68-36-46-10-8-32-78-46/h7-36H,1-6H3. The van der Waals surface area contributed by atoms with Crippen molar-refractivity contribution in [2.75, 3.05) is 9.80 Å². The maximum atomic E-state index is 15.3. The van der Waals surface area contributed by atoms with Crippen LogP contribution in [0.25, 0.3) is 43.1 Å². The Balaban J connectivity index is 1.03. The molecule has 0 spiro atoms. The van der Waals surface area contributed by atoms with Gasteiger partial charge in [0.1, 0.15) is 23.0 Å². The Kier molecular flexibility index (Phi) is 11.4. The first-order valence-corrected chi connectivity index (χ1v) is 27.3. The minimum absolute atomic E-state index is 0.124. The highest BCUT2D eigenvalue weighted by Gasteiger charge is 2.40. The quantitative estimate of drug-likeness (QED) is 0.0583. The fourth-order valence-electron chi connectivity index (χ4n) is 10.7. The molecule has 9 aromatic carbocycles. The molecule has 0 aliphatic carbocycles.